The van der Waals surface area contributed by atoms with E-state index in [0.717, 1.165) is 59.8 Å². The molecule has 3 fully saturated rings. The molecule has 3 saturated heterocycles. The fourth-order valence-electron chi connectivity index (χ4n) is 7.67. The molecular weight excluding hydrogens is 756 g/mol. The van der Waals surface area contributed by atoms with Crippen molar-refractivity contribution in [2.75, 3.05) is 24.5 Å². The second kappa shape index (κ2) is 19.4. The lowest BCUT2D eigenvalue weighted by atomic mass is 9.88. The number of aromatic amines is 1. The van der Waals surface area contributed by atoms with Crippen molar-refractivity contribution < 1.29 is 49.0 Å². The second-order valence-electron chi connectivity index (χ2n) is 15.2. The van der Waals surface area contributed by atoms with Crippen LogP contribution < -0.4 is 37.7 Å². The molecule has 0 saturated carbocycles. The SMILES string of the molecule is Cc1ccc(OC2CCN(c3ccc(CNC(=O)CCCC[C@H](C(N)=O)[C@H](O[C@@H]4O[C@H](CN)[C@@H](O)[C@H]4O)[C@H]4O[C@@H](n5ccc(=O)[nH]c5=O)[C@H](O)C4O)cc3)CC2)cc1. The predicted octanol–water partition coefficient (Wildman–Crippen LogP) is -0.719. The van der Waals surface area contributed by atoms with Crippen molar-refractivity contribution in [3.8, 4) is 5.75 Å². The van der Waals surface area contributed by atoms with Gasteiger partial charge in [-0.1, -0.05) is 36.2 Å². The van der Waals surface area contributed by atoms with Crippen LogP contribution in [-0.2, 0) is 30.3 Å². The minimum atomic E-state index is -1.75. The summed E-state index contributed by atoms with van der Waals surface area (Å²) in [5, 5.41) is 46.0. The van der Waals surface area contributed by atoms with E-state index in [0.29, 0.717) is 19.4 Å². The van der Waals surface area contributed by atoms with E-state index in [9.17, 15) is 39.6 Å². The van der Waals surface area contributed by atoms with Crippen molar-refractivity contribution in [2.45, 2.75) is 113 Å². The number of aryl methyl sites for hydroxylation is 1. The number of aliphatic hydroxyl groups is 4. The molecule has 10 N–H and O–H groups in total. The number of benzene rings is 2. The van der Waals surface area contributed by atoms with E-state index < -0.39 is 78.3 Å². The molecule has 0 spiro atoms. The Hall–Kier alpha value is -4.66. The van der Waals surface area contributed by atoms with Crippen LogP contribution >= 0.6 is 0 Å². The number of amides is 2. The Labute approximate surface area is 334 Å². The maximum atomic E-state index is 13.0. The summed E-state index contributed by atoms with van der Waals surface area (Å²) in [6.45, 7) is 3.95. The normalized spacial score (nSPS) is 27.3. The van der Waals surface area contributed by atoms with Crippen molar-refractivity contribution in [1.82, 2.24) is 14.9 Å². The summed E-state index contributed by atoms with van der Waals surface area (Å²) < 4.78 is 24.5. The fourth-order valence-corrected chi connectivity index (χ4v) is 7.67. The third-order valence-electron chi connectivity index (χ3n) is 11.1. The molecular formula is C40H54N6O12. The first-order valence-electron chi connectivity index (χ1n) is 19.7. The van der Waals surface area contributed by atoms with Crippen LogP contribution in [-0.4, -0.2) is 117 Å². The van der Waals surface area contributed by atoms with E-state index in [-0.39, 0.29) is 31.4 Å². The average molecular weight is 811 g/mol. The highest BCUT2D eigenvalue weighted by atomic mass is 16.7. The third-order valence-corrected chi connectivity index (χ3v) is 11.1. The third kappa shape index (κ3) is 10.3. The van der Waals surface area contributed by atoms with E-state index in [1.54, 1.807) is 0 Å². The van der Waals surface area contributed by atoms with E-state index >= 15 is 0 Å². The van der Waals surface area contributed by atoms with Crippen molar-refractivity contribution in [1.29, 1.82) is 0 Å². The number of carbonyl (C=O) groups excluding carboxylic acids is 2. The van der Waals surface area contributed by atoms with Crippen LogP contribution in [0.3, 0.4) is 0 Å². The summed E-state index contributed by atoms with van der Waals surface area (Å²) >= 11 is 0. The smallest absolute Gasteiger partial charge is 0.330 e. The Balaban J connectivity index is 1.01. The number of nitrogens with two attached hydrogens (primary N) is 2. The van der Waals surface area contributed by atoms with Crippen molar-refractivity contribution in [3.63, 3.8) is 0 Å². The molecule has 1 unspecified atom stereocenters. The number of ether oxygens (including phenoxy) is 4. The van der Waals surface area contributed by atoms with Gasteiger partial charge in [0.25, 0.3) is 5.56 Å². The van der Waals surface area contributed by atoms with E-state index in [4.69, 9.17) is 30.4 Å². The lowest BCUT2D eigenvalue weighted by molar-refractivity contribution is -0.231. The number of primary amides is 1. The largest absolute Gasteiger partial charge is 0.490 e. The topological polar surface area (TPSA) is 274 Å². The molecule has 18 heteroatoms. The summed E-state index contributed by atoms with van der Waals surface area (Å²) in [5.41, 5.74) is 13.1. The van der Waals surface area contributed by atoms with Gasteiger partial charge in [-0.3, -0.25) is 23.9 Å². The number of hydrogen-bond acceptors (Lipinski definition) is 14. The van der Waals surface area contributed by atoms with E-state index in [1.807, 2.05) is 60.4 Å². The van der Waals surface area contributed by atoms with Crippen LogP contribution in [0.5, 0.6) is 5.75 Å². The van der Waals surface area contributed by atoms with Crippen LogP contribution in [0.15, 0.2) is 70.4 Å². The van der Waals surface area contributed by atoms with Gasteiger partial charge in [-0.2, -0.15) is 0 Å². The van der Waals surface area contributed by atoms with Gasteiger partial charge in [-0.15, -0.1) is 0 Å². The Kier molecular flexibility index (Phi) is 14.4. The van der Waals surface area contributed by atoms with Crippen LogP contribution in [0, 0.1) is 12.8 Å². The zero-order valence-electron chi connectivity index (χ0n) is 32.3. The lowest BCUT2D eigenvalue weighted by Gasteiger charge is -2.33. The molecule has 3 aliphatic heterocycles. The summed E-state index contributed by atoms with van der Waals surface area (Å²) in [7, 11) is 0. The zero-order valence-corrected chi connectivity index (χ0v) is 32.3. The monoisotopic (exact) mass is 810 g/mol. The molecule has 0 radical (unpaired) electrons. The number of H-pyrrole nitrogens is 1. The molecule has 18 nitrogen and oxygen atoms in total. The Morgan fingerprint density at radius 2 is 1.64 bits per heavy atom. The quantitative estimate of drug-likeness (QED) is 0.0783. The van der Waals surface area contributed by atoms with Gasteiger partial charge in [-0.05, 0) is 49.6 Å². The number of nitrogens with zero attached hydrogens (tertiary/aromatic N) is 2. The van der Waals surface area contributed by atoms with Crippen LogP contribution in [0.1, 0.15) is 55.9 Å². The average Bonchev–Trinajstić information content (AvgIpc) is 3.66. The standard InChI is InChI=1S/C40H54N6O12/c1-22-6-12-25(13-7-22)55-26-14-17-45(18-15-26)24-10-8-23(9-11-24)21-43-29(47)5-3-2-4-27(37(42)53)35(58-39-34(52)31(49)28(20-41)56-39)36-32(50)33(51)38(57-36)46-19-16-30(48)44-40(46)54/h6-13,16,19,26-28,31-36,38-39,49-52H,2-5,14-15,17-18,20-21,41H2,1H3,(H2,42,53)(H,43,47)(H,44,48,54)/t27-,28+,31+,32?,33+,34+,35-,36-,38+,39-/m0/s1. The first-order chi connectivity index (χ1) is 27.8. The van der Waals surface area contributed by atoms with E-state index in [2.05, 4.69) is 10.2 Å². The molecule has 2 aromatic carbocycles. The number of aliphatic hydroxyl groups excluding tert-OH is 4. The van der Waals surface area contributed by atoms with Crippen molar-refractivity contribution >= 4 is 17.5 Å². The molecule has 10 atom stereocenters. The van der Waals surface area contributed by atoms with Gasteiger partial charge >= 0.3 is 5.69 Å². The van der Waals surface area contributed by atoms with Gasteiger partial charge in [0.1, 0.15) is 54.6 Å². The summed E-state index contributed by atoms with van der Waals surface area (Å²) in [6.07, 6.45) is -9.70. The van der Waals surface area contributed by atoms with Gasteiger partial charge in [0.2, 0.25) is 11.8 Å². The highest BCUT2D eigenvalue weighted by Gasteiger charge is 2.53. The summed E-state index contributed by atoms with van der Waals surface area (Å²) in [4.78, 5) is 54.3. The van der Waals surface area contributed by atoms with Crippen LogP contribution in [0.25, 0.3) is 0 Å². The zero-order chi connectivity index (χ0) is 41.5. The molecule has 58 heavy (non-hydrogen) atoms. The number of nitrogens with one attached hydrogen (secondary N) is 2. The number of rotatable bonds is 17. The number of aromatic nitrogens is 2. The van der Waals surface area contributed by atoms with Gasteiger partial charge in [0.05, 0.1) is 5.92 Å². The first kappa shape index (κ1) is 42.9. The minimum Gasteiger partial charge on any atom is -0.490 e. The molecule has 0 aliphatic carbocycles. The summed E-state index contributed by atoms with van der Waals surface area (Å²) in [5.74, 6) is -1.42. The van der Waals surface area contributed by atoms with Crippen molar-refractivity contribution in [3.05, 3.63) is 92.8 Å². The Bertz CT molecular complexity index is 1940. The fraction of sp³-hybridized carbons (Fsp3) is 0.550. The molecule has 6 rings (SSSR count). The van der Waals surface area contributed by atoms with Crippen molar-refractivity contribution in [2.24, 2.45) is 17.4 Å². The number of carbonyl (C=O) groups is 2. The van der Waals surface area contributed by atoms with E-state index in [1.165, 1.54) is 5.56 Å². The van der Waals surface area contributed by atoms with Gasteiger partial charge in [0.15, 0.2) is 12.5 Å². The van der Waals surface area contributed by atoms with Gasteiger partial charge in [-0.25, -0.2) is 4.79 Å². The number of piperidine rings is 1. The maximum absolute atomic E-state index is 13.0. The molecule has 3 aromatic rings. The number of anilines is 1. The highest BCUT2D eigenvalue weighted by molar-refractivity contribution is 5.77. The minimum absolute atomic E-state index is 0.0295. The predicted molar refractivity (Wildman–Crippen MR) is 208 cm³/mol. The summed E-state index contributed by atoms with van der Waals surface area (Å²) in [6, 6.07) is 17.2. The van der Waals surface area contributed by atoms with Crippen LogP contribution in [0.4, 0.5) is 5.69 Å². The first-order valence-corrected chi connectivity index (χ1v) is 19.7. The maximum Gasteiger partial charge on any atom is 0.330 e. The highest BCUT2D eigenvalue weighted by Crippen LogP contribution is 2.37. The molecule has 0 bridgehead atoms. The molecule has 2 amide bonds. The van der Waals surface area contributed by atoms with Gasteiger partial charge in [0, 0.05) is 63.4 Å². The lowest BCUT2D eigenvalue weighted by Crippen LogP contribution is -2.50. The molecule has 1 aromatic heterocycles. The van der Waals surface area contributed by atoms with Gasteiger partial charge < -0.3 is 61.1 Å². The van der Waals surface area contributed by atoms with Crippen LogP contribution in [0.2, 0.25) is 0 Å². The Morgan fingerprint density at radius 1 is 0.931 bits per heavy atom. The number of unbranched alkanes of at least 4 members (excludes halogenated alkanes) is 1. The molecule has 316 valence electrons. The number of hydrogen-bond donors (Lipinski definition) is 8. The second-order valence-corrected chi connectivity index (χ2v) is 15.2. The molecule has 3 aliphatic rings. The Morgan fingerprint density at radius 3 is 2.28 bits per heavy atom. The molecule has 4 heterocycles.